The SMILES string of the molecule is ClCCSCc1ccc2c(c1)CCC2. The van der Waals surface area contributed by atoms with Crippen molar-refractivity contribution in [2.45, 2.75) is 25.0 Å². The van der Waals surface area contributed by atoms with Crippen LogP contribution in [0.3, 0.4) is 0 Å². The van der Waals surface area contributed by atoms with Gasteiger partial charge in [-0.25, -0.2) is 0 Å². The van der Waals surface area contributed by atoms with Gasteiger partial charge < -0.3 is 0 Å². The smallest absolute Gasteiger partial charge is 0.0314 e. The lowest BCUT2D eigenvalue weighted by atomic mass is 10.1. The van der Waals surface area contributed by atoms with Crippen molar-refractivity contribution in [2.24, 2.45) is 0 Å². The third-order valence-corrected chi connectivity index (χ3v) is 4.10. The normalized spacial score (nSPS) is 14.4. The number of thioether (sulfide) groups is 1. The van der Waals surface area contributed by atoms with E-state index < -0.39 is 0 Å². The maximum Gasteiger partial charge on any atom is 0.0314 e. The molecule has 0 saturated carbocycles. The highest BCUT2D eigenvalue weighted by atomic mass is 35.5. The molecule has 0 unspecified atom stereocenters. The van der Waals surface area contributed by atoms with Gasteiger partial charge in [0, 0.05) is 17.4 Å². The molecule has 0 aliphatic heterocycles. The largest absolute Gasteiger partial charge is 0.156 e. The second-order valence-electron chi connectivity index (χ2n) is 3.70. The molecule has 0 amide bonds. The maximum absolute atomic E-state index is 5.64. The molecule has 1 aromatic rings. The van der Waals surface area contributed by atoms with Gasteiger partial charge in [0.1, 0.15) is 0 Å². The summed E-state index contributed by atoms with van der Waals surface area (Å²) < 4.78 is 0. The molecule has 14 heavy (non-hydrogen) atoms. The molecule has 2 heteroatoms. The van der Waals surface area contributed by atoms with E-state index in [0.717, 1.165) is 17.4 Å². The van der Waals surface area contributed by atoms with Gasteiger partial charge in [0.05, 0.1) is 0 Å². The number of halogens is 1. The highest BCUT2D eigenvalue weighted by molar-refractivity contribution is 7.98. The summed E-state index contributed by atoms with van der Waals surface area (Å²) in [7, 11) is 0. The summed E-state index contributed by atoms with van der Waals surface area (Å²) in [6, 6.07) is 6.95. The summed E-state index contributed by atoms with van der Waals surface area (Å²) in [6.07, 6.45) is 3.90. The second kappa shape index (κ2) is 5.09. The minimum Gasteiger partial charge on any atom is -0.156 e. The van der Waals surface area contributed by atoms with Crippen LogP contribution in [0.2, 0.25) is 0 Å². The summed E-state index contributed by atoms with van der Waals surface area (Å²) in [4.78, 5) is 0. The summed E-state index contributed by atoms with van der Waals surface area (Å²) in [5.41, 5.74) is 4.60. The van der Waals surface area contributed by atoms with Gasteiger partial charge in [0.2, 0.25) is 0 Å². The van der Waals surface area contributed by atoms with Crippen molar-refractivity contribution < 1.29 is 0 Å². The zero-order valence-electron chi connectivity index (χ0n) is 8.26. The molecule has 0 saturated heterocycles. The summed E-state index contributed by atoms with van der Waals surface area (Å²) >= 11 is 7.56. The van der Waals surface area contributed by atoms with Crippen LogP contribution in [-0.2, 0) is 18.6 Å². The Morgan fingerprint density at radius 3 is 2.93 bits per heavy atom. The van der Waals surface area contributed by atoms with Crippen LogP contribution in [0.25, 0.3) is 0 Å². The Balaban J connectivity index is 1.98. The highest BCUT2D eigenvalue weighted by Crippen LogP contribution is 2.24. The van der Waals surface area contributed by atoms with E-state index in [-0.39, 0.29) is 0 Å². The van der Waals surface area contributed by atoms with E-state index in [2.05, 4.69) is 18.2 Å². The Kier molecular flexibility index (Phi) is 3.77. The van der Waals surface area contributed by atoms with Gasteiger partial charge in [-0.3, -0.25) is 0 Å². The Bertz CT molecular complexity index is 309. The monoisotopic (exact) mass is 226 g/mol. The van der Waals surface area contributed by atoms with Crippen LogP contribution in [0.1, 0.15) is 23.1 Å². The van der Waals surface area contributed by atoms with Gasteiger partial charge in [0.25, 0.3) is 0 Å². The van der Waals surface area contributed by atoms with Crippen LogP contribution in [-0.4, -0.2) is 11.6 Å². The van der Waals surface area contributed by atoms with Crippen molar-refractivity contribution in [1.29, 1.82) is 0 Å². The number of aryl methyl sites for hydroxylation is 2. The molecule has 0 heterocycles. The van der Waals surface area contributed by atoms with E-state index in [1.54, 1.807) is 11.1 Å². The first-order chi connectivity index (χ1) is 6.90. The molecule has 0 atom stereocenters. The van der Waals surface area contributed by atoms with E-state index >= 15 is 0 Å². The van der Waals surface area contributed by atoms with Crippen LogP contribution in [0.4, 0.5) is 0 Å². The number of rotatable bonds is 4. The second-order valence-corrected chi connectivity index (χ2v) is 5.18. The predicted octanol–water partition coefficient (Wildman–Crippen LogP) is 3.65. The number of alkyl halides is 1. The minimum atomic E-state index is 0.760. The third kappa shape index (κ3) is 2.46. The quantitative estimate of drug-likeness (QED) is 0.558. The van der Waals surface area contributed by atoms with Crippen LogP contribution >= 0.6 is 23.4 Å². The topological polar surface area (TPSA) is 0 Å². The molecule has 1 aliphatic carbocycles. The average Bonchev–Trinajstić information content (AvgIpc) is 2.65. The van der Waals surface area contributed by atoms with Crippen molar-refractivity contribution in [1.82, 2.24) is 0 Å². The fourth-order valence-corrected chi connectivity index (χ4v) is 2.96. The Morgan fingerprint density at radius 2 is 2.07 bits per heavy atom. The Labute approximate surface area is 95.0 Å². The minimum absolute atomic E-state index is 0.760. The van der Waals surface area contributed by atoms with Crippen molar-refractivity contribution in [2.75, 3.05) is 11.6 Å². The molecular formula is C12H15ClS. The first kappa shape index (κ1) is 10.4. The number of hydrogen-bond donors (Lipinski definition) is 0. The zero-order chi connectivity index (χ0) is 9.80. The molecule has 2 rings (SSSR count). The van der Waals surface area contributed by atoms with E-state index in [1.807, 2.05) is 11.8 Å². The molecule has 0 spiro atoms. The van der Waals surface area contributed by atoms with Crippen molar-refractivity contribution >= 4 is 23.4 Å². The molecule has 0 radical (unpaired) electrons. The Morgan fingerprint density at radius 1 is 1.21 bits per heavy atom. The summed E-state index contributed by atoms with van der Waals surface area (Å²) in [5, 5.41) is 0. The molecule has 76 valence electrons. The molecule has 1 aliphatic rings. The fraction of sp³-hybridized carbons (Fsp3) is 0.500. The Hall–Kier alpha value is -0.140. The van der Waals surface area contributed by atoms with Crippen LogP contribution < -0.4 is 0 Å². The van der Waals surface area contributed by atoms with E-state index in [4.69, 9.17) is 11.6 Å². The van der Waals surface area contributed by atoms with Crippen molar-refractivity contribution in [3.8, 4) is 0 Å². The van der Waals surface area contributed by atoms with Crippen molar-refractivity contribution in [3.63, 3.8) is 0 Å². The molecule has 1 aromatic carbocycles. The van der Waals surface area contributed by atoms with E-state index in [0.29, 0.717) is 0 Å². The van der Waals surface area contributed by atoms with E-state index in [9.17, 15) is 0 Å². The molecule has 0 N–H and O–H groups in total. The first-order valence-corrected chi connectivity index (χ1v) is 6.83. The molecule has 0 aromatic heterocycles. The number of hydrogen-bond acceptors (Lipinski definition) is 1. The lowest BCUT2D eigenvalue weighted by Crippen LogP contribution is -1.88. The first-order valence-electron chi connectivity index (χ1n) is 5.14. The zero-order valence-corrected chi connectivity index (χ0v) is 9.83. The van der Waals surface area contributed by atoms with E-state index in [1.165, 1.54) is 24.8 Å². The standard InChI is InChI=1S/C12H15ClS/c13-6-7-14-9-10-4-5-11-2-1-3-12(11)8-10/h4-5,8H,1-3,6-7,9H2. The number of fused-ring (bicyclic) bond motifs is 1. The van der Waals surface area contributed by atoms with Gasteiger partial charge >= 0.3 is 0 Å². The highest BCUT2D eigenvalue weighted by Gasteiger charge is 2.10. The summed E-state index contributed by atoms with van der Waals surface area (Å²) in [6.45, 7) is 0. The molecule has 0 fully saturated rings. The lowest BCUT2D eigenvalue weighted by molar-refractivity contribution is 0.911. The summed E-state index contributed by atoms with van der Waals surface area (Å²) in [5.74, 6) is 2.92. The van der Waals surface area contributed by atoms with Gasteiger partial charge in [0.15, 0.2) is 0 Å². The van der Waals surface area contributed by atoms with Crippen LogP contribution in [0, 0.1) is 0 Å². The van der Waals surface area contributed by atoms with Crippen LogP contribution in [0.5, 0.6) is 0 Å². The third-order valence-electron chi connectivity index (χ3n) is 2.65. The van der Waals surface area contributed by atoms with Gasteiger partial charge in [-0.1, -0.05) is 18.2 Å². The van der Waals surface area contributed by atoms with Gasteiger partial charge in [-0.2, -0.15) is 11.8 Å². The number of benzene rings is 1. The van der Waals surface area contributed by atoms with Crippen molar-refractivity contribution in [3.05, 3.63) is 34.9 Å². The predicted molar refractivity (Wildman–Crippen MR) is 65.3 cm³/mol. The maximum atomic E-state index is 5.64. The molecule has 0 nitrogen and oxygen atoms in total. The van der Waals surface area contributed by atoms with Crippen LogP contribution in [0.15, 0.2) is 18.2 Å². The fourth-order valence-electron chi connectivity index (χ4n) is 1.96. The average molecular weight is 227 g/mol. The van der Waals surface area contributed by atoms with Gasteiger partial charge in [-0.05, 0) is 36.0 Å². The van der Waals surface area contributed by atoms with Gasteiger partial charge in [-0.15, -0.1) is 11.6 Å². The molecule has 0 bridgehead atoms. The molecular weight excluding hydrogens is 212 g/mol. The lowest BCUT2D eigenvalue weighted by Gasteiger charge is -2.04.